The first-order chi connectivity index (χ1) is 35.3. The summed E-state index contributed by atoms with van der Waals surface area (Å²) in [4.78, 5) is -0.664. The normalized spacial score (nSPS) is 12.6. The lowest BCUT2D eigenvalue weighted by molar-refractivity contribution is -0.671. The van der Waals surface area contributed by atoms with E-state index >= 15 is 0 Å². The van der Waals surface area contributed by atoms with Gasteiger partial charge in [0.2, 0.25) is 31.5 Å². The molecule has 0 amide bonds. The van der Waals surface area contributed by atoms with Gasteiger partial charge in [0, 0.05) is 17.7 Å². The Bertz CT molecular complexity index is 3710. The number of nitrogens with zero attached hydrogens (tertiary/aromatic N) is 8. The average Bonchev–Trinajstić information content (AvgIpc) is 4.13. The van der Waals surface area contributed by atoms with Crippen molar-refractivity contribution >= 4 is 50.6 Å². The number of aromatic nitrogens is 8. The number of sulfone groups is 1. The van der Waals surface area contributed by atoms with Crippen LogP contribution >= 0.6 is 0 Å². The molecular formula is C50H74N8O15S5+4. The largest absolute Gasteiger partial charge is 0.401 e. The molecule has 0 aliphatic heterocycles. The molecule has 0 saturated heterocycles. The molecule has 430 valence electrons. The first kappa shape index (κ1) is 66.3. The van der Waals surface area contributed by atoms with Crippen LogP contribution in [0.15, 0.2) is 143 Å². The molecule has 1 unspecified atom stereocenters. The van der Waals surface area contributed by atoms with Crippen LogP contribution in [-0.2, 0) is 89.5 Å². The molecule has 7 rings (SSSR count). The zero-order valence-corrected chi connectivity index (χ0v) is 49.1. The Morgan fingerprint density at radius 3 is 1.32 bits per heavy atom. The molecule has 4 heterocycles. The highest BCUT2D eigenvalue weighted by molar-refractivity contribution is 7.91. The summed E-state index contributed by atoms with van der Waals surface area (Å²) in [5.41, 5.74) is 3.20. The lowest BCUT2D eigenvalue weighted by atomic mass is 10.0. The van der Waals surface area contributed by atoms with Gasteiger partial charge in [-0.3, -0.25) is 18.2 Å². The number of rotatable bonds is 15. The third-order valence-corrected chi connectivity index (χ3v) is 15.7. The Balaban J connectivity index is 0.000000275. The fourth-order valence-electron chi connectivity index (χ4n) is 7.50. The van der Waals surface area contributed by atoms with Gasteiger partial charge in [-0.2, -0.15) is 38.2 Å². The number of imidazole rings is 4. The first-order valence-electron chi connectivity index (χ1n) is 23.6. The smallest absolute Gasteiger partial charge is 0.282 e. The van der Waals surface area contributed by atoms with Crippen molar-refractivity contribution in [1.29, 1.82) is 0 Å². The predicted octanol–water partition coefficient (Wildman–Crippen LogP) is 5.40. The number of hydrogen-bond donors (Lipinski definition) is 4. The van der Waals surface area contributed by atoms with Crippen molar-refractivity contribution in [3.05, 3.63) is 146 Å². The van der Waals surface area contributed by atoms with Gasteiger partial charge in [-0.1, -0.05) is 81.0 Å². The predicted molar refractivity (Wildman–Crippen MR) is 289 cm³/mol. The average molecular weight is 1190 g/mol. The van der Waals surface area contributed by atoms with Gasteiger partial charge in [-0.15, -0.1) is 0 Å². The molecule has 1 atom stereocenters. The van der Waals surface area contributed by atoms with Crippen LogP contribution in [0.5, 0.6) is 0 Å². The van der Waals surface area contributed by atoms with E-state index in [2.05, 4.69) is 4.18 Å². The van der Waals surface area contributed by atoms with Crippen molar-refractivity contribution in [3.63, 3.8) is 0 Å². The van der Waals surface area contributed by atoms with Crippen molar-refractivity contribution in [2.24, 2.45) is 34.1 Å². The molecule has 0 aliphatic rings. The summed E-state index contributed by atoms with van der Waals surface area (Å²) in [6.07, 6.45) is 20.9. The van der Waals surface area contributed by atoms with Crippen LogP contribution in [0.4, 0.5) is 0 Å². The monoisotopic (exact) mass is 1190 g/mol. The molecule has 23 nitrogen and oxygen atoms in total. The standard InChI is InChI=1S/C14H18N2O5S2.C14H18N2O3S.C13H16N2O3S.C8H14N2O4S.CH4/c1-10(2)11-7-12(22(4,17)18)14(13(8-11)23(19,20)21)16-6-5-15(3)9-16;1-11(2)12-4-5-13(14(8-12)20(17,18)19)9-16-7-6-15(3)10-16;1-10(2)11-4-5-12(13(8-11)19(16,17)18)15-7-6-14(3)9-15;1-7(2)8(14-15(11,12)13)10-5-4-9(3)6-10;/h5-10H,1-4H3;4-8,10-11H,9H2,1-3H3;4-10H,1-3H3;4-8H,1-3H3;1H4/p+4. The quantitative estimate of drug-likeness (QED) is 0.0738. The maximum atomic E-state index is 12.2. The fourth-order valence-corrected chi connectivity index (χ4v) is 11.3. The van der Waals surface area contributed by atoms with E-state index in [1.54, 1.807) is 113 Å². The van der Waals surface area contributed by atoms with E-state index < -0.39 is 61.7 Å². The van der Waals surface area contributed by atoms with Crippen LogP contribution in [0.1, 0.15) is 109 Å². The summed E-state index contributed by atoms with van der Waals surface area (Å²) in [5.74, 6) is 0.203. The number of benzene rings is 3. The van der Waals surface area contributed by atoms with E-state index in [0.29, 0.717) is 23.4 Å². The molecule has 78 heavy (non-hydrogen) atoms. The molecule has 4 aromatic heterocycles. The number of hydrogen-bond acceptors (Lipinski definition) is 11. The Morgan fingerprint density at radius 1 is 0.500 bits per heavy atom. The van der Waals surface area contributed by atoms with Crippen molar-refractivity contribution in [3.8, 4) is 11.4 Å². The van der Waals surface area contributed by atoms with Crippen LogP contribution in [0.3, 0.4) is 0 Å². The minimum atomic E-state index is -4.61. The van der Waals surface area contributed by atoms with Crippen molar-refractivity contribution in [2.45, 2.75) is 113 Å². The highest BCUT2D eigenvalue weighted by Crippen LogP contribution is 2.32. The molecular weight excluding hydrogens is 1110 g/mol. The van der Waals surface area contributed by atoms with E-state index in [1.165, 1.54) is 35.3 Å². The first-order valence-corrected chi connectivity index (χ1v) is 31.2. The molecule has 0 saturated carbocycles. The van der Waals surface area contributed by atoms with Crippen molar-refractivity contribution in [2.75, 3.05) is 6.26 Å². The Labute approximate surface area is 459 Å². The zero-order chi connectivity index (χ0) is 58.3. The molecule has 4 N–H and O–H groups in total. The number of aryl methyl sites for hydroxylation is 4. The lowest BCUT2D eigenvalue weighted by Gasteiger charge is -2.15. The van der Waals surface area contributed by atoms with Crippen molar-refractivity contribution in [1.82, 2.24) is 18.3 Å². The van der Waals surface area contributed by atoms with Gasteiger partial charge >= 0.3 is 10.4 Å². The highest BCUT2D eigenvalue weighted by atomic mass is 32.3. The molecule has 0 radical (unpaired) electrons. The molecule has 7 aromatic rings. The van der Waals surface area contributed by atoms with Gasteiger partial charge in [0.05, 0.1) is 28.2 Å². The van der Waals surface area contributed by atoms with Crippen LogP contribution in [0.2, 0.25) is 0 Å². The second-order valence-corrected chi connectivity index (χ2v) is 26.7. The lowest BCUT2D eigenvalue weighted by Crippen LogP contribution is -2.26. The molecule has 0 bridgehead atoms. The maximum absolute atomic E-state index is 12.2. The molecule has 0 aliphatic carbocycles. The van der Waals surface area contributed by atoms with Gasteiger partial charge in [0.25, 0.3) is 30.4 Å². The maximum Gasteiger partial charge on any atom is 0.401 e. The van der Waals surface area contributed by atoms with Gasteiger partial charge in [-0.05, 0) is 64.8 Å². The highest BCUT2D eigenvalue weighted by Gasteiger charge is 2.31. The minimum absolute atomic E-state index is 0. The summed E-state index contributed by atoms with van der Waals surface area (Å²) in [6.45, 7) is 15.5. The second kappa shape index (κ2) is 26.3. The van der Waals surface area contributed by atoms with E-state index in [4.69, 9.17) is 4.55 Å². The Morgan fingerprint density at radius 2 is 0.923 bits per heavy atom. The van der Waals surface area contributed by atoms with E-state index in [1.807, 2.05) is 95.6 Å². The van der Waals surface area contributed by atoms with Crippen LogP contribution in [-0.4, -0.2) is 84.8 Å². The summed E-state index contributed by atoms with van der Waals surface area (Å²) in [5, 5.41) is 0. The van der Waals surface area contributed by atoms with E-state index in [9.17, 15) is 55.7 Å². The van der Waals surface area contributed by atoms with Gasteiger partial charge in [-0.25, -0.2) is 44.6 Å². The zero-order valence-electron chi connectivity index (χ0n) is 45.0. The van der Waals surface area contributed by atoms with Crippen LogP contribution in [0.25, 0.3) is 11.4 Å². The third-order valence-electron chi connectivity index (χ3n) is 11.5. The van der Waals surface area contributed by atoms with Crippen LogP contribution < -0.4 is 18.3 Å². The van der Waals surface area contributed by atoms with E-state index in [-0.39, 0.29) is 51.5 Å². The molecule has 0 spiro atoms. The molecule has 0 fully saturated rings. The summed E-state index contributed by atoms with van der Waals surface area (Å²) in [6, 6.07) is 13.1. The van der Waals surface area contributed by atoms with Crippen LogP contribution in [0, 0.1) is 5.92 Å². The molecule has 28 heteroatoms. The molecule has 3 aromatic carbocycles. The van der Waals surface area contributed by atoms with Crippen molar-refractivity contribution < 1.29 is 82.8 Å². The van der Waals surface area contributed by atoms with E-state index in [0.717, 1.165) is 17.4 Å². The second-order valence-electron chi connectivity index (χ2n) is 19.5. The summed E-state index contributed by atoms with van der Waals surface area (Å²) in [7, 11) is -14.0. The fraction of sp³-hybridized carbons (Fsp3) is 0.400. The van der Waals surface area contributed by atoms with Gasteiger partial charge < -0.3 is 0 Å². The van der Waals surface area contributed by atoms with Gasteiger partial charge in [0.15, 0.2) is 21.2 Å². The SMILES string of the molecule is C.CC(C)C(OS(=O)(=O)O)n1cc[n+](C)c1.CC(C)c1cc(S(C)(=O)=O)c(-n2cc[n+](C)c2)c(S(=O)(=O)O)c1.CC(C)c1ccc(-n2cc[n+](C)c2)c(S(=O)(=O)O)c1.CC(C)c1ccc(Cn2cc[n+](C)c2)c(S(=O)(=O)O)c1. The topological polar surface area (TPSA) is 296 Å². The third kappa shape index (κ3) is 18.9. The Hall–Kier alpha value is -5.95. The van der Waals surface area contributed by atoms with Gasteiger partial charge in [0.1, 0.15) is 75.7 Å². The summed E-state index contributed by atoms with van der Waals surface area (Å²) >= 11 is 0. The Kier molecular flexibility index (Phi) is 22.4. The summed E-state index contributed by atoms with van der Waals surface area (Å²) < 4.78 is 171. The minimum Gasteiger partial charge on any atom is -0.282 e.